The fraction of sp³-hybridized carbons (Fsp3) is 0.238. The van der Waals surface area contributed by atoms with Gasteiger partial charge in [-0.1, -0.05) is 36.4 Å². The molecule has 0 bridgehead atoms. The molecule has 0 saturated carbocycles. The van der Waals surface area contributed by atoms with E-state index in [9.17, 15) is 4.79 Å². The predicted octanol–water partition coefficient (Wildman–Crippen LogP) is 2.92. The summed E-state index contributed by atoms with van der Waals surface area (Å²) in [6, 6.07) is 18.0. The molecule has 1 aliphatic heterocycles. The minimum Gasteiger partial charge on any atom is -0.491 e. The van der Waals surface area contributed by atoms with Crippen LogP contribution in [0.2, 0.25) is 0 Å². The molecule has 1 atom stereocenters. The Labute approximate surface area is 152 Å². The number of fused-ring (bicyclic) bond motifs is 1. The summed E-state index contributed by atoms with van der Waals surface area (Å²) in [5, 5.41) is 7.45. The van der Waals surface area contributed by atoms with E-state index in [2.05, 4.69) is 10.4 Å². The number of para-hydroxylation sites is 2. The lowest BCUT2D eigenvalue weighted by molar-refractivity contribution is -0.122. The zero-order valence-corrected chi connectivity index (χ0v) is 14.5. The maximum atomic E-state index is 12.3. The van der Waals surface area contributed by atoms with Gasteiger partial charge in [0.25, 0.3) is 0 Å². The highest BCUT2D eigenvalue weighted by atomic mass is 16.5. The van der Waals surface area contributed by atoms with Crippen molar-refractivity contribution in [2.75, 3.05) is 6.61 Å². The lowest BCUT2D eigenvalue weighted by atomic mass is 10.0. The van der Waals surface area contributed by atoms with Crippen LogP contribution in [0.15, 0.2) is 67.0 Å². The number of rotatable bonds is 5. The number of nitrogens with one attached hydrogen (secondary N) is 1. The fourth-order valence-corrected chi connectivity index (χ4v) is 3.19. The third kappa shape index (κ3) is 3.77. The molecule has 3 aromatic rings. The van der Waals surface area contributed by atoms with Gasteiger partial charge in [0.1, 0.15) is 12.4 Å². The molecule has 5 heteroatoms. The molecule has 1 unspecified atom stereocenters. The van der Waals surface area contributed by atoms with E-state index < -0.39 is 0 Å². The SMILES string of the molecule is O=C(CCc1cnn(-c2ccccc2)c1)NC1COc2ccccc2C1. The van der Waals surface area contributed by atoms with Crippen molar-refractivity contribution in [3.8, 4) is 11.4 Å². The first kappa shape index (κ1) is 16.4. The van der Waals surface area contributed by atoms with Crippen molar-refractivity contribution in [1.29, 1.82) is 0 Å². The van der Waals surface area contributed by atoms with Crippen LogP contribution >= 0.6 is 0 Å². The molecule has 1 N–H and O–H groups in total. The van der Waals surface area contributed by atoms with E-state index in [0.717, 1.165) is 29.0 Å². The molecule has 0 aliphatic carbocycles. The molecular formula is C21H21N3O2. The first-order chi connectivity index (χ1) is 12.8. The minimum absolute atomic E-state index is 0.0319. The van der Waals surface area contributed by atoms with Crippen molar-refractivity contribution < 1.29 is 9.53 Å². The lowest BCUT2D eigenvalue weighted by Crippen LogP contribution is -2.42. The van der Waals surface area contributed by atoms with E-state index in [0.29, 0.717) is 19.4 Å². The summed E-state index contributed by atoms with van der Waals surface area (Å²) >= 11 is 0. The van der Waals surface area contributed by atoms with E-state index in [1.54, 1.807) is 0 Å². The number of ether oxygens (including phenoxy) is 1. The first-order valence-electron chi connectivity index (χ1n) is 8.87. The summed E-state index contributed by atoms with van der Waals surface area (Å²) in [6.45, 7) is 0.523. The number of benzene rings is 2. The molecule has 2 heterocycles. The summed E-state index contributed by atoms with van der Waals surface area (Å²) in [7, 11) is 0. The molecule has 1 amide bonds. The summed E-state index contributed by atoms with van der Waals surface area (Å²) < 4.78 is 7.56. The van der Waals surface area contributed by atoms with Crippen molar-refractivity contribution >= 4 is 5.91 Å². The highest BCUT2D eigenvalue weighted by molar-refractivity contribution is 5.76. The molecule has 1 aliphatic rings. The van der Waals surface area contributed by atoms with Crippen LogP contribution < -0.4 is 10.1 Å². The predicted molar refractivity (Wildman–Crippen MR) is 99.5 cm³/mol. The van der Waals surface area contributed by atoms with Crippen molar-refractivity contribution in [2.24, 2.45) is 0 Å². The Morgan fingerprint density at radius 3 is 2.85 bits per heavy atom. The Hall–Kier alpha value is -3.08. The standard InChI is InChI=1S/C21H21N3O2/c25-21(23-18-12-17-6-4-5-9-20(17)26-15-18)11-10-16-13-22-24(14-16)19-7-2-1-3-8-19/h1-9,13-14,18H,10-12,15H2,(H,23,25). The lowest BCUT2D eigenvalue weighted by Gasteiger charge is -2.26. The van der Waals surface area contributed by atoms with Crippen molar-refractivity contribution in [2.45, 2.75) is 25.3 Å². The van der Waals surface area contributed by atoms with Gasteiger partial charge in [0.2, 0.25) is 5.91 Å². The molecule has 0 saturated heterocycles. The van der Waals surface area contributed by atoms with Crippen LogP contribution in [-0.4, -0.2) is 28.3 Å². The number of hydrogen-bond acceptors (Lipinski definition) is 3. The van der Waals surface area contributed by atoms with E-state index >= 15 is 0 Å². The maximum Gasteiger partial charge on any atom is 0.220 e. The van der Waals surface area contributed by atoms with Gasteiger partial charge in [-0.2, -0.15) is 5.10 Å². The molecule has 26 heavy (non-hydrogen) atoms. The Morgan fingerprint density at radius 2 is 1.96 bits per heavy atom. The minimum atomic E-state index is 0.0319. The Morgan fingerprint density at radius 1 is 1.15 bits per heavy atom. The largest absolute Gasteiger partial charge is 0.491 e. The van der Waals surface area contributed by atoms with E-state index in [1.807, 2.05) is 71.7 Å². The highest BCUT2D eigenvalue weighted by Gasteiger charge is 2.20. The molecule has 1 aromatic heterocycles. The van der Waals surface area contributed by atoms with Crippen LogP contribution in [-0.2, 0) is 17.6 Å². The summed E-state index contributed by atoms with van der Waals surface area (Å²) in [5.74, 6) is 0.969. The van der Waals surface area contributed by atoms with Crippen LogP contribution in [0.1, 0.15) is 17.5 Å². The molecule has 132 valence electrons. The molecule has 0 fully saturated rings. The molecule has 0 radical (unpaired) electrons. The van der Waals surface area contributed by atoms with Gasteiger partial charge in [0.05, 0.1) is 17.9 Å². The number of carbonyl (C=O) groups excluding carboxylic acids is 1. The second-order valence-corrected chi connectivity index (χ2v) is 6.52. The third-order valence-electron chi connectivity index (χ3n) is 4.54. The molecule has 5 nitrogen and oxygen atoms in total. The summed E-state index contributed by atoms with van der Waals surface area (Å²) in [4.78, 5) is 12.3. The van der Waals surface area contributed by atoms with Crippen molar-refractivity contribution in [1.82, 2.24) is 15.1 Å². The monoisotopic (exact) mass is 347 g/mol. The van der Waals surface area contributed by atoms with Gasteiger partial charge < -0.3 is 10.1 Å². The van der Waals surface area contributed by atoms with Crippen LogP contribution in [0.3, 0.4) is 0 Å². The number of hydrogen-bond donors (Lipinski definition) is 1. The Balaban J connectivity index is 1.29. The van der Waals surface area contributed by atoms with Gasteiger partial charge in [0, 0.05) is 12.6 Å². The average Bonchev–Trinajstić information content (AvgIpc) is 3.16. The van der Waals surface area contributed by atoms with Gasteiger partial charge in [0.15, 0.2) is 0 Å². The van der Waals surface area contributed by atoms with Crippen LogP contribution in [0.25, 0.3) is 5.69 Å². The fourth-order valence-electron chi connectivity index (χ4n) is 3.19. The van der Waals surface area contributed by atoms with Gasteiger partial charge in [-0.25, -0.2) is 4.68 Å². The van der Waals surface area contributed by atoms with Crippen molar-refractivity contribution in [3.05, 3.63) is 78.1 Å². The number of carbonyl (C=O) groups is 1. The number of nitrogens with zero attached hydrogens (tertiary/aromatic N) is 2. The zero-order chi connectivity index (χ0) is 17.8. The number of aryl methyl sites for hydroxylation is 1. The van der Waals surface area contributed by atoms with Crippen LogP contribution in [0, 0.1) is 0 Å². The van der Waals surface area contributed by atoms with E-state index in [-0.39, 0.29) is 11.9 Å². The van der Waals surface area contributed by atoms with Gasteiger partial charge in [-0.15, -0.1) is 0 Å². The first-order valence-corrected chi connectivity index (χ1v) is 8.87. The van der Waals surface area contributed by atoms with E-state index in [4.69, 9.17) is 4.74 Å². The number of amides is 1. The Bertz CT molecular complexity index is 889. The van der Waals surface area contributed by atoms with Crippen LogP contribution in [0.5, 0.6) is 5.75 Å². The molecule has 0 spiro atoms. The smallest absolute Gasteiger partial charge is 0.220 e. The third-order valence-corrected chi connectivity index (χ3v) is 4.54. The summed E-state index contributed by atoms with van der Waals surface area (Å²) in [5.41, 5.74) is 3.21. The van der Waals surface area contributed by atoms with Gasteiger partial charge >= 0.3 is 0 Å². The maximum absolute atomic E-state index is 12.3. The Kier molecular flexibility index (Phi) is 4.69. The van der Waals surface area contributed by atoms with Crippen molar-refractivity contribution in [3.63, 3.8) is 0 Å². The van der Waals surface area contributed by atoms with E-state index in [1.165, 1.54) is 0 Å². The molecule has 4 rings (SSSR count). The van der Waals surface area contributed by atoms with Crippen LogP contribution in [0.4, 0.5) is 0 Å². The van der Waals surface area contributed by atoms with Gasteiger partial charge in [-0.3, -0.25) is 4.79 Å². The normalized spacial score (nSPS) is 15.8. The summed E-state index contributed by atoms with van der Waals surface area (Å²) in [6.07, 6.45) is 5.72. The second kappa shape index (κ2) is 7.44. The average molecular weight is 347 g/mol. The van der Waals surface area contributed by atoms with Gasteiger partial charge in [-0.05, 0) is 42.2 Å². The quantitative estimate of drug-likeness (QED) is 0.772. The molecular weight excluding hydrogens is 326 g/mol. The zero-order valence-electron chi connectivity index (χ0n) is 14.5. The number of aromatic nitrogens is 2. The second-order valence-electron chi connectivity index (χ2n) is 6.52. The topological polar surface area (TPSA) is 56.2 Å². The molecule has 2 aromatic carbocycles. The highest BCUT2D eigenvalue weighted by Crippen LogP contribution is 2.23.